The highest BCUT2D eigenvalue weighted by atomic mass is 16.5. The smallest absolute Gasteiger partial charge is 0.314 e. The van der Waals surface area contributed by atoms with Gasteiger partial charge in [0.15, 0.2) is 0 Å². The number of esters is 1. The maximum atomic E-state index is 12.0. The summed E-state index contributed by atoms with van der Waals surface area (Å²) < 4.78 is 4.92. The summed E-state index contributed by atoms with van der Waals surface area (Å²) in [4.78, 5) is 12.0. The molecule has 2 rings (SSSR count). The Kier molecular flexibility index (Phi) is 2.82. The van der Waals surface area contributed by atoms with Crippen molar-refractivity contribution >= 4 is 5.97 Å². The lowest BCUT2D eigenvalue weighted by molar-refractivity contribution is -0.181. The Morgan fingerprint density at radius 2 is 2.12 bits per heavy atom. The predicted octanol–water partition coefficient (Wildman–Crippen LogP) is 2.05. The minimum atomic E-state index is -0.917. The number of hydrogen-bond acceptors (Lipinski definition) is 3. The maximum absolute atomic E-state index is 12.0. The van der Waals surface area contributed by atoms with Gasteiger partial charge in [-0.3, -0.25) is 4.79 Å². The molecular formula is C13H20O3. The fourth-order valence-corrected chi connectivity index (χ4v) is 3.75. The zero-order valence-electron chi connectivity index (χ0n) is 9.87. The molecule has 1 N–H and O–H groups in total. The molecule has 90 valence electrons. The van der Waals surface area contributed by atoms with Gasteiger partial charge in [-0.1, -0.05) is 12.5 Å². The first-order chi connectivity index (χ1) is 7.60. The Labute approximate surface area is 96.5 Å². The first-order valence-corrected chi connectivity index (χ1v) is 6.04. The van der Waals surface area contributed by atoms with Gasteiger partial charge in [0.25, 0.3) is 0 Å². The molecule has 0 aromatic heterocycles. The van der Waals surface area contributed by atoms with E-state index in [4.69, 9.17) is 4.74 Å². The zero-order valence-corrected chi connectivity index (χ0v) is 9.87. The van der Waals surface area contributed by atoms with Crippen LogP contribution in [0.5, 0.6) is 0 Å². The van der Waals surface area contributed by atoms with Crippen LogP contribution in [0, 0.1) is 11.3 Å². The van der Waals surface area contributed by atoms with Crippen LogP contribution in [0.15, 0.2) is 12.7 Å². The number of fused-ring (bicyclic) bond motifs is 1. The van der Waals surface area contributed by atoms with E-state index in [0.717, 1.165) is 32.1 Å². The van der Waals surface area contributed by atoms with Gasteiger partial charge in [-0.25, -0.2) is 0 Å². The van der Waals surface area contributed by atoms with Crippen molar-refractivity contribution in [1.82, 2.24) is 0 Å². The summed E-state index contributed by atoms with van der Waals surface area (Å²) >= 11 is 0. The number of aliphatic hydroxyl groups is 1. The van der Waals surface area contributed by atoms with Gasteiger partial charge < -0.3 is 9.84 Å². The molecular weight excluding hydrogens is 204 g/mol. The van der Waals surface area contributed by atoms with E-state index in [1.165, 1.54) is 7.11 Å². The van der Waals surface area contributed by atoms with Gasteiger partial charge in [0, 0.05) is 5.92 Å². The fraction of sp³-hybridized carbons (Fsp3) is 0.769. The molecule has 2 saturated carbocycles. The molecule has 3 heteroatoms. The molecule has 0 aromatic rings. The van der Waals surface area contributed by atoms with Crippen molar-refractivity contribution in [1.29, 1.82) is 0 Å². The highest BCUT2D eigenvalue weighted by Gasteiger charge is 2.63. The van der Waals surface area contributed by atoms with Crippen LogP contribution in [0.4, 0.5) is 0 Å². The highest BCUT2D eigenvalue weighted by molar-refractivity contribution is 5.79. The van der Waals surface area contributed by atoms with Crippen LogP contribution in [-0.4, -0.2) is 23.8 Å². The van der Waals surface area contributed by atoms with Crippen molar-refractivity contribution in [3.63, 3.8) is 0 Å². The second-order valence-electron chi connectivity index (χ2n) is 5.09. The largest absolute Gasteiger partial charge is 0.469 e. The van der Waals surface area contributed by atoms with Crippen molar-refractivity contribution < 1.29 is 14.6 Å². The van der Waals surface area contributed by atoms with Crippen LogP contribution in [0.3, 0.4) is 0 Å². The van der Waals surface area contributed by atoms with Crippen LogP contribution in [0.1, 0.15) is 38.5 Å². The van der Waals surface area contributed by atoms with Gasteiger partial charge >= 0.3 is 5.97 Å². The average Bonchev–Trinajstić information content (AvgIpc) is 2.65. The van der Waals surface area contributed by atoms with Crippen LogP contribution in [-0.2, 0) is 9.53 Å². The summed E-state index contributed by atoms with van der Waals surface area (Å²) in [5, 5.41) is 10.9. The van der Waals surface area contributed by atoms with Gasteiger partial charge in [0.1, 0.15) is 0 Å². The molecule has 0 aliphatic heterocycles. The van der Waals surface area contributed by atoms with Crippen LogP contribution >= 0.6 is 0 Å². The molecule has 2 aliphatic carbocycles. The summed E-state index contributed by atoms with van der Waals surface area (Å²) in [7, 11) is 1.41. The van der Waals surface area contributed by atoms with Gasteiger partial charge in [-0.05, 0) is 32.1 Å². The number of carbonyl (C=O) groups is 1. The summed E-state index contributed by atoms with van der Waals surface area (Å²) in [6.45, 7) is 3.79. The van der Waals surface area contributed by atoms with E-state index in [0.29, 0.717) is 6.42 Å². The monoisotopic (exact) mass is 224 g/mol. The van der Waals surface area contributed by atoms with Crippen molar-refractivity contribution in [3.05, 3.63) is 12.7 Å². The Bertz CT molecular complexity index is 312. The number of methoxy groups -OCH3 is 1. The summed E-state index contributed by atoms with van der Waals surface area (Å²) in [5.41, 5.74) is -1.58. The topological polar surface area (TPSA) is 46.5 Å². The van der Waals surface area contributed by atoms with Crippen molar-refractivity contribution in [3.8, 4) is 0 Å². The molecule has 0 radical (unpaired) electrons. The minimum Gasteiger partial charge on any atom is -0.469 e. The molecule has 0 amide bonds. The lowest BCUT2D eigenvalue weighted by atomic mass is 9.60. The molecule has 0 bridgehead atoms. The van der Waals surface area contributed by atoms with E-state index in [-0.39, 0.29) is 11.9 Å². The molecule has 0 unspecified atom stereocenters. The molecule has 16 heavy (non-hydrogen) atoms. The van der Waals surface area contributed by atoms with Gasteiger partial charge in [-0.2, -0.15) is 0 Å². The van der Waals surface area contributed by atoms with E-state index in [9.17, 15) is 9.90 Å². The van der Waals surface area contributed by atoms with Crippen molar-refractivity contribution in [2.75, 3.05) is 7.11 Å². The fourth-order valence-electron chi connectivity index (χ4n) is 3.75. The van der Waals surface area contributed by atoms with Gasteiger partial charge in [0.05, 0.1) is 18.1 Å². The summed E-state index contributed by atoms with van der Waals surface area (Å²) in [6, 6.07) is 0. The molecule has 0 spiro atoms. The molecule has 0 aromatic carbocycles. The summed E-state index contributed by atoms with van der Waals surface area (Å²) in [6.07, 6.45) is 6.80. The van der Waals surface area contributed by atoms with E-state index in [2.05, 4.69) is 6.58 Å². The first kappa shape index (κ1) is 11.6. The number of hydrogen-bond donors (Lipinski definition) is 1. The molecule has 2 fully saturated rings. The molecule has 0 heterocycles. The minimum absolute atomic E-state index is 0.0304. The lowest BCUT2D eigenvalue weighted by Gasteiger charge is -2.47. The second-order valence-corrected chi connectivity index (χ2v) is 5.09. The zero-order chi connectivity index (χ0) is 11.8. The highest BCUT2D eigenvalue weighted by Crippen LogP contribution is 2.58. The number of rotatable bonds is 2. The van der Waals surface area contributed by atoms with Crippen LogP contribution in [0.2, 0.25) is 0 Å². The SMILES string of the molecule is C=C[C@@H]1CCC[C@]2(C(=O)OC)CCC[C@]12O. The maximum Gasteiger partial charge on any atom is 0.314 e. The third-order valence-corrected chi connectivity index (χ3v) is 4.58. The quantitative estimate of drug-likeness (QED) is 0.577. The molecule has 2 aliphatic rings. The Morgan fingerprint density at radius 3 is 2.75 bits per heavy atom. The van der Waals surface area contributed by atoms with Gasteiger partial charge in [-0.15, -0.1) is 6.58 Å². The van der Waals surface area contributed by atoms with E-state index in [1.54, 1.807) is 0 Å². The summed E-state index contributed by atoms with van der Waals surface area (Å²) in [5.74, 6) is -0.207. The molecule has 0 saturated heterocycles. The second kappa shape index (κ2) is 3.88. The average molecular weight is 224 g/mol. The number of carbonyl (C=O) groups excluding carboxylic acids is 1. The standard InChI is InChI=1S/C13H20O3/c1-3-10-6-4-7-12(11(14)16-2)8-5-9-13(10,12)15/h3,10,15H,1,4-9H2,2H3/t10-,12-,13+/m1/s1. The normalized spacial score (nSPS) is 42.5. The lowest BCUT2D eigenvalue weighted by Crippen LogP contribution is -2.56. The van der Waals surface area contributed by atoms with E-state index >= 15 is 0 Å². The van der Waals surface area contributed by atoms with Crippen LogP contribution in [0.25, 0.3) is 0 Å². The van der Waals surface area contributed by atoms with E-state index in [1.807, 2.05) is 6.08 Å². The third-order valence-electron chi connectivity index (χ3n) is 4.58. The van der Waals surface area contributed by atoms with Gasteiger partial charge in [0.2, 0.25) is 0 Å². The predicted molar refractivity (Wildman–Crippen MR) is 60.8 cm³/mol. The first-order valence-electron chi connectivity index (χ1n) is 6.04. The Morgan fingerprint density at radius 1 is 1.44 bits per heavy atom. The van der Waals surface area contributed by atoms with Crippen molar-refractivity contribution in [2.24, 2.45) is 11.3 Å². The van der Waals surface area contributed by atoms with Crippen LogP contribution < -0.4 is 0 Å². The molecule has 3 atom stereocenters. The Balaban J connectivity index is 2.41. The van der Waals surface area contributed by atoms with E-state index < -0.39 is 11.0 Å². The van der Waals surface area contributed by atoms with Crippen molar-refractivity contribution in [2.45, 2.75) is 44.1 Å². The number of ether oxygens (including phenoxy) is 1. The molecule has 3 nitrogen and oxygen atoms in total. The Hall–Kier alpha value is -0.830. The third kappa shape index (κ3) is 1.27.